The first-order valence-corrected chi connectivity index (χ1v) is 10.4. The summed E-state index contributed by atoms with van der Waals surface area (Å²) in [5, 5.41) is 4.73. The minimum atomic E-state index is -0.348. The van der Waals surface area contributed by atoms with Crippen molar-refractivity contribution in [2.75, 3.05) is 26.2 Å². The smallest absolute Gasteiger partial charge is 0.253 e. The lowest BCUT2D eigenvalue weighted by atomic mass is 10.2. The third-order valence-corrected chi connectivity index (χ3v) is 5.67. The van der Waals surface area contributed by atoms with Gasteiger partial charge in [0.15, 0.2) is 10.6 Å². The number of hydrogen-bond donors (Lipinski definition) is 0. The molecular formula is C22H23FN6OS. The molecule has 1 fully saturated rings. The van der Waals surface area contributed by atoms with Crippen molar-refractivity contribution in [2.24, 2.45) is 0 Å². The molecule has 0 radical (unpaired) electrons. The Morgan fingerprint density at radius 2 is 1.90 bits per heavy atom. The Balaban J connectivity index is 1.45. The SMILES string of the molecule is C=CCn1c(-c2cccnc2)nn(CN2CCN(C(=O)c3ccc(F)cc3)CC2)c1=S. The van der Waals surface area contributed by atoms with Crippen LogP contribution in [-0.2, 0) is 13.2 Å². The molecule has 1 saturated heterocycles. The maximum atomic E-state index is 13.1. The van der Waals surface area contributed by atoms with E-state index in [1.165, 1.54) is 24.3 Å². The molecule has 1 aliphatic heterocycles. The van der Waals surface area contributed by atoms with E-state index >= 15 is 0 Å². The molecule has 160 valence electrons. The number of allylic oxidation sites excluding steroid dienone is 1. The largest absolute Gasteiger partial charge is 0.336 e. The molecule has 0 saturated carbocycles. The van der Waals surface area contributed by atoms with Gasteiger partial charge in [-0.05, 0) is 48.6 Å². The quantitative estimate of drug-likeness (QED) is 0.437. The van der Waals surface area contributed by atoms with Crippen LogP contribution in [-0.4, -0.2) is 61.2 Å². The molecule has 31 heavy (non-hydrogen) atoms. The van der Waals surface area contributed by atoms with Gasteiger partial charge in [-0.1, -0.05) is 6.08 Å². The number of rotatable bonds is 6. The first kappa shape index (κ1) is 21.1. The van der Waals surface area contributed by atoms with E-state index in [9.17, 15) is 9.18 Å². The van der Waals surface area contributed by atoms with Crippen molar-refractivity contribution in [3.63, 3.8) is 0 Å². The molecule has 7 nitrogen and oxygen atoms in total. The van der Waals surface area contributed by atoms with Crippen molar-refractivity contribution >= 4 is 18.1 Å². The molecule has 0 bridgehead atoms. The average molecular weight is 439 g/mol. The number of carbonyl (C=O) groups is 1. The summed E-state index contributed by atoms with van der Waals surface area (Å²) < 4.78 is 17.5. The summed E-state index contributed by atoms with van der Waals surface area (Å²) in [6.45, 7) is 7.50. The Morgan fingerprint density at radius 3 is 2.55 bits per heavy atom. The van der Waals surface area contributed by atoms with Crippen molar-refractivity contribution in [1.82, 2.24) is 29.1 Å². The molecule has 1 amide bonds. The standard InChI is InChI=1S/C22H23FN6OS/c1-2-10-28-20(18-4-3-9-24-15-18)25-29(22(28)31)16-26-11-13-27(14-12-26)21(30)17-5-7-19(23)8-6-17/h2-9,15H,1,10-14,16H2. The number of carbonyl (C=O) groups excluding carboxylic acids is 1. The summed E-state index contributed by atoms with van der Waals surface area (Å²) in [5.74, 6) is 0.327. The van der Waals surface area contributed by atoms with Crippen LogP contribution in [0.15, 0.2) is 61.4 Å². The summed E-state index contributed by atoms with van der Waals surface area (Å²) in [5.41, 5.74) is 1.39. The first-order valence-electron chi connectivity index (χ1n) is 10.0. The summed E-state index contributed by atoms with van der Waals surface area (Å²) in [6, 6.07) is 9.49. The molecular weight excluding hydrogens is 415 g/mol. The zero-order valence-corrected chi connectivity index (χ0v) is 17.8. The Hall–Kier alpha value is -3.17. The number of amides is 1. The minimum absolute atomic E-state index is 0.0783. The number of piperazine rings is 1. The second-order valence-electron chi connectivity index (χ2n) is 7.31. The average Bonchev–Trinajstić information content (AvgIpc) is 3.10. The van der Waals surface area contributed by atoms with Crippen LogP contribution in [0.2, 0.25) is 0 Å². The van der Waals surface area contributed by atoms with Crippen LogP contribution in [0, 0.1) is 10.6 Å². The minimum Gasteiger partial charge on any atom is -0.336 e. The molecule has 1 aromatic carbocycles. The van der Waals surface area contributed by atoms with Gasteiger partial charge in [0, 0.05) is 56.2 Å². The van der Waals surface area contributed by atoms with Gasteiger partial charge in [-0.2, -0.15) is 5.10 Å². The van der Waals surface area contributed by atoms with E-state index in [-0.39, 0.29) is 11.7 Å². The van der Waals surface area contributed by atoms with Crippen molar-refractivity contribution in [3.8, 4) is 11.4 Å². The predicted octanol–water partition coefficient (Wildman–Crippen LogP) is 3.22. The fourth-order valence-electron chi connectivity index (χ4n) is 3.59. The Kier molecular flexibility index (Phi) is 6.34. The summed E-state index contributed by atoms with van der Waals surface area (Å²) >= 11 is 5.66. The van der Waals surface area contributed by atoms with Crippen molar-refractivity contribution in [1.29, 1.82) is 0 Å². The fraction of sp³-hybridized carbons (Fsp3) is 0.273. The highest BCUT2D eigenvalue weighted by atomic mass is 32.1. The topological polar surface area (TPSA) is 59.2 Å². The van der Waals surface area contributed by atoms with Crippen LogP contribution in [0.3, 0.4) is 0 Å². The summed E-state index contributed by atoms with van der Waals surface area (Å²) in [4.78, 5) is 20.8. The van der Waals surface area contributed by atoms with Gasteiger partial charge in [-0.25, -0.2) is 9.07 Å². The number of pyridine rings is 1. The van der Waals surface area contributed by atoms with E-state index in [1.807, 2.05) is 16.7 Å². The number of aromatic nitrogens is 4. The molecule has 1 aliphatic rings. The fourth-order valence-corrected chi connectivity index (χ4v) is 3.85. The lowest BCUT2D eigenvalue weighted by molar-refractivity contribution is 0.0585. The van der Waals surface area contributed by atoms with Gasteiger partial charge < -0.3 is 4.90 Å². The molecule has 0 spiro atoms. The maximum absolute atomic E-state index is 13.1. The number of nitrogens with zero attached hydrogens (tertiary/aromatic N) is 6. The van der Waals surface area contributed by atoms with Gasteiger partial charge in [0.2, 0.25) is 0 Å². The van der Waals surface area contributed by atoms with Crippen LogP contribution in [0.4, 0.5) is 4.39 Å². The van der Waals surface area contributed by atoms with Gasteiger partial charge in [0.1, 0.15) is 5.82 Å². The molecule has 0 unspecified atom stereocenters. The molecule has 3 heterocycles. The molecule has 4 rings (SSSR count). The van der Waals surface area contributed by atoms with Crippen molar-refractivity contribution in [3.05, 3.63) is 77.6 Å². The van der Waals surface area contributed by atoms with E-state index in [0.29, 0.717) is 49.7 Å². The van der Waals surface area contributed by atoms with Gasteiger partial charge in [-0.3, -0.25) is 19.2 Å². The van der Waals surface area contributed by atoms with E-state index in [0.717, 1.165) is 11.4 Å². The van der Waals surface area contributed by atoms with Gasteiger partial charge in [0.05, 0.1) is 6.67 Å². The second kappa shape index (κ2) is 9.32. The Labute approximate surface area is 185 Å². The molecule has 0 N–H and O–H groups in total. The highest BCUT2D eigenvalue weighted by molar-refractivity contribution is 7.71. The van der Waals surface area contributed by atoms with E-state index in [2.05, 4.69) is 16.5 Å². The second-order valence-corrected chi connectivity index (χ2v) is 7.67. The van der Waals surface area contributed by atoms with Gasteiger partial charge in [0.25, 0.3) is 5.91 Å². The Bertz CT molecular complexity index is 1120. The van der Waals surface area contributed by atoms with E-state index in [1.54, 1.807) is 28.1 Å². The predicted molar refractivity (Wildman–Crippen MR) is 118 cm³/mol. The van der Waals surface area contributed by atoms with Crippen LogP contribution >= 0.6 is 12.2 Å². The third-order valence-electron chi connectivity index (χ3n) is 5.24. The number of halogens is 1. The van der Waals surface area contributed by atoms with Crippen LogP contribution in [0.1, 0.15) is 10.4 Å². The van der Waals surface area contributed by atoms with Crippen molar-refractivity contribution < 1.29 is 9.18 Å². The number of benzene rings is 1. The Morgan fingerprint density at radius 1 is 1.16 bits per heavy atom. The highest BCUT2D eigenvalue weighted by Crippen LogP contribution is 2.18. The molecule has 9 heteroatoms. The molecule has 0 aliphatic carbocycles. The third kappa shape index (κ3) is 4.62. The van der Waals surface area contributed by atoms with Gasteiger partial charge in [-0.15, -0.1) is 6.58 Å². The molecule has 0 atom stereocenters. The normalized spacial score (nSPS) is 14.5. The van der Waals surface area contributed by atoms with Crippen LogP contribution < -0.4 is 0 Å². The van der Waals surface area contributed by atoms with Crippen LogP contribution in [0.25, 0.3) is 11.4 Å². The lowest BCUT2D eigenvalue weighted by Crippen LogP contribution is -2.49. The molecule has 3 aromatic rings. The summed E-state index contributed by atoms with van der Waals surface area (Å²) in [7, 11) is 0. The lowest BCUT2D eigenvalue weighted by Gasteiger charge is -2.34. The first-order chi connectivity index (χ1) is 15.1. The monoisotopic (exact) mass is 438 g/mol. The van der Waals surface area contributed by atoms with E-state index < -0.39 is 0 Å². The molecule has 2 aromatic heterocycles. The van der Waals surface area contributed by atoms with Gasteiger partial charge >= 0.3 is 0 Å². The maximum Gasteiger partial charge on any atom is 0.253 e. The highest BCUT2D eigenvalue weighted by Gasteiger charge is 2.23. The number of hydrogen-bond acceptors (Lipinski definition) is 5. The van der Waals surface area contributed by atoms with Crippen molar-refractivity contribution in [2.45, 2.75) is 13.2 Å². The zero-order valence-electron chi connectivity index (χ0n) is 17.0. The zero-order chi connectivity index (χ0) is 21.8. The van der Waals surface area contributed by atoms with Crippen LogP contribution in [0.5, 0.6) is 0 Å². The summed E-state index contributed by atoms with van der Waals surface area (Å²) in [6.07, 6.45) is 5.28. The van der Waals surface area contributed by atoms with E-state index in [4.69, 9.17) is 17.3 Å².